The summed E-state index contributed by atoms with van der Waals surface area (Å²) in [6.07, 6.45) is 2.16. The molecule has 21 heavy (non-hydrogen) atoms. The van der Waals surface area contributed by atoms with Crippen molar-refractivity contribution in [3.63, 3.8) is 0 Å². The Hall–Kier alpha value is -1.39. The Morgan fingerprint density at radius 1 is 1.38 bits per heavy atom. The van der Waals surface area contributed by atoms with Gasteiger partial charge < -0.3 is 5.11 Å². The Balaban J connectivity index is 2.13. The summed E-state index contributed by atoms with van der Waals surface area (Å²) in [5.41, 5.74) is 1.81. The molecule has 2 N–H and O–H groups in total. The van der Waals surface area contributed by atoms with Crippen LogP contribution in [0.1, 0.15) is 38.3 Å². The predicted octanol–water partition coefficient (Wildman–Crippen LogP) is 2.28. The minimum absolute atomic E-state index is 0.144. The lowest BCUT2D eigenvalue weighted by molar-refractivity contribution is -0.145. The molecule has 1 unspecified atom stereocenters. The van der Waals surface area contributed by atoms with Crippen molar-refractivity contribution in [2.24, 2.45) is 0 Å². The summed E-state index contributed by atoms with van der Waals surface area (Å²) in [7, 11) is 0. The summed E-state index contributed by atoms with van der Waals surface area (Å²) in [5, 5.41) is 12.8. The highest BCUT2D eigenvalue weighted by atomic mass is 16.4. The molecular formula is C17H26N2O2. The molecule has 0 saturated heterocycles. The van der Waals surface area contributed by atoms with E-state index in [1.54, 1.807) is 6.92 Å². The molecule has 4 nitrogen and oxygen atoms in total. The van der Waals surface area contributed by atoms with Crippen molar-refractivity contribution in [2.45, 2.75) is 51.7 Å². The second kappa shape index (κ2) is 6.58. The molecular weight excluding hydrogens is 264 g/mol. The van der Waals surface area contributed by atoms with E-state index >= 15 is 0 Å². The van der Waals surface area contributed by atoms with E-state index in [4.69, 9.17) is 0 Å². The van der Waals surface area contributed by atoms with Gasteiger partial charge in [0.05, 0.1) is 0 Å². The Morgan fingerprint density at radius 2 is 2.05 bits per heavy atom. The SMILES string of the molecule is CC(C)NC(C)(CN1CCCc2ccccc2C1)C(=O)O. The fourth-order valence-corrected chi connectivity index (χ4v) is 3.16. The van der Waals surface area contributed by atoms with E-state index in [0.717, 1.165) is 25.9 Å². The van der Waals surface area contributed by atoms with Crippen LogP contribution in [0.4, 0.5) is 0 Å². The third-order valence-corrected chi connectivity index (χ3v) is 4.05. The number of benzene rings is 1. The molecule has 0 amide bonds. The number of rotatable bonds is 5. The minimum Gasteiger partial charge on any atom is -0.480 e. The lowest BCUT2D eigenvalue weighted by atomic mass is 10.00. The molecule has 1 atom stereocenters. The van der Waals surface area contributed by atoms with Crippen LogP contribution >= 0.6 is 0 Å². The summed E-state index contributed by atoms with van der Waals surface area (Å²) < 4.78 is 0. The second-order valence-electron chi connectivity index (χ2n) is 6.52. The number of hydrogen-bond donors (Lipinski definition) is 2. The number of hydrogen-bond acceptors (Lipinski definition) is 3. The van der Waals surface area contributed by atoms with Gasteiger partial charge in [-0.2, -0.15) is 0 Å². The topological polar surface area (TPSA) is 52.6 Å². The van der Waals surface area contributed by atoms with Crippen molar-refractivity contribution in [3.8, 4) is 0 Å². The third-order valence-electron chi connectivity index (χ3n) is 4.05. The molecule has 0 aromatic heterocycles. The summed E-state index contributed by atoms with van der Waals surface area (Å²) in [5.74, 6) is -0.784. The quantitative estimate of drug-likeness (QED) is 0.873. The van der Waals surface area contributed by atoms with Crippen LogP contribution in [-0.2, 0) is 17.8 Å². The summed E-state index contributed by atoms with van der Waals surface area (Å²) in [6, 6.07) is 8.62. The van der Waals surface area contributed by atoms with Gasteiger partial charge >= 0.3 is 5.97 Å². The maximum absolute atomic E-state index is 11.7. The van der Waals surface area contributed by atoms with Crippen LogP contribution in [0.5, 0.6) is 0 Å². The number of nitrogens with zero attached hydrogens (tertiary/aromatic N) is 1. The Morgan fingerprint density at radius 3 is 2.67 bits per heavy atom. The highest BCUT2D eigenvalue weighted by Gasteiger charge is 2.35. The monoisotopic (exact) mass is 290 g/mol. The minimum atomic E-state index is -0.909. The predicted molar refractivity (Wildman–Crippen MR) is 84.4 cm³/mol. The molecule has 0 spiro atoms. The van der Waals surface area contributed by atoms with E-state index in [0.29, 0.717) is 6.54 Å². The van der Waals surface area contributed by atoms with E-state index in [1.807, 2.05) is 13.8 Å². The maximum atomic E-state index is 11.7. The summed E-state index contributed by atoms with van der Waals surface area (Å²) in [4.78, 5) is 13.9. The molecule has 0 radical (unpaired) electrons. The largest absolute Gasteiger partial charge is 0.480 e. The molecule has 0 saturated carbocycles. The molecule has 0 aliphatic carbocycles. The number of carboxylic acids is 1. The average Bonchev–Trinajstić information content (AvgIpc) is 2.58. The number of nitrogens with one attached hydrogen (secondary N) is 1. The Kier molecular flexibility index (Phi) is 5.01. The van der Waals surface area contributed by atoms with Gasteiger partial charge in [-0.25, -0.2) is 0 Å². The highest BCUT2D eigenvalue weighted by Crippen LogP contribution is 2.20. The molecule has 1 aromatic rings. The van der Waals surface area contributed by atoms with Gasteiger partial charge in [0.2, 0.25) is 0 Å². The number of carboxylic acid groups (broad SMARTS) is 1. The van der Waals surface area contributed by atoms with Crippen LogP contribution < -0.4 is 5.32 Å². The number of aliphatic carboxylic acids is 1. The van der Waals surface area contributed by atoms with Crippen molar-refractivity contribution in [1.29, 1.82) is 0 Å². The molecule has 0 bridgehead atoms. The van der Waals surface area contributed by atoms with E-state index in [9.17, 15) is 9.90 Å². The van der Waals surface area contributed by atoms with Crippen molar-refractivity contribution in [1.82, 2.24) is 10.2 Å². The van der Waals surface area contributed by atoms with E-state index in [-0.39, 0.29) is 6.04 Å². The molecule has 1 aliphatic heterocycles. The first-order valence-corrected chi connectivity index (χ1v) is 7.71. The average molecular weight is 290 g/mol. The van der Waals surface area contributed by atoms with Gasteiger partial charge in [0.1, 0.15) is 5.54 Å². The van der Waals surface area contributed by atoms with Gasteiger partial charge in [0.25, 0.3) is 0 Å². The van der Waals surface area contributed by atoms with Crippen LogP contribution in [0.3, 0.4) is 0 Å². The van der Waals surface area contributed by atoms with Crippen molar-refractivity contribution >= 4 is 5.97 Å². The number of fused-ring (bicyclic) bond motifs is 1. The van der Waals surface area contributed by atoms with E-state index < -0.39 is 11.5 Å². The van der Waals surface area contributed by atoms with Crippen molar-refractivity contribution in [3.05, 3.63) is 35.4 Å². The molecule has 1 aliphatic rings. The molecule has 2 rings (SSSR count). The Labute approximate surface area is 127 Å². The van der Waals surface area contributed by atoms with Gasteiger partial charge in [-0.1, -0.05) is 24.3 Å². The van der Waals surface area contributed by atoms with Gasteiger partial charge in [-0.15, -0.1) is 0 Å². The zero-order chi connectivity index (χ0) is 15.5. The van der Waals surface area contributed by atoms with Crippen molar-refractivity contribution < 1.29 is 9.90 Å². The molecule has 116 valence electrons. The fourth-order valence-electron chi connectivity index (χ4n) is 3.16. The summed E-state index contributed by atoms with van der Waals surface area (Å²) in [6.45, 7) is 8.05. The van der Waals surface area contributed by atoms with Gasteiger partial charge in [-0.3, -0.25) is 15.0 Å². The standard InChI is InChI=1S/C17H26N2O2/c1-13(2)18-17(3,16(20)21)12-19-10-6-9-14-7-4-5-8-15(14)11-19/h4-5,7-8,13,18H,6,9-12H2,1-3H3,(H,20,21). The van der Waals surface area contributed by atoms with Gasteiger partial charge in [0, 0.05) is 19.1 Å². The zero-order valence-electron chi connectivity index (χ0n) is 13.2. The molecule has 1 aromatic carbocycles. The van der Waals surface area contributed by atoms with Crippen LogP contribution in [0, 0.1) is 0 Å². The number of carbonyl (C=O) groups is 1. The van der Waals surface area contributed by atoms with Crippen LogP contribution in [0.25, 0.3) is 0 Å². The van der Waals surface area contributed by atoms with E-state index in [1.165, 1.54) is 11.1 Å². The normalized spacial score (nSPS) is 18.9. The molecule has 4 heteroatoms. The van der Waals surface area contributed by atoms with Gasteiger partial charge in [-0.05, 0) is 51.3 Å². The number of aryl methyl sites for hydroxylation is 1. The zero-order valence-corrected chi connectivity index (χ0v) is 13.2. The lowest BCUT2D eigenvalue weighted by Crippen LogP contribution is -2.58. The fraction of sp³-hybridized carbons (Fsp3) is 0.588. The third kappa shape index (κ3) is 4.05. The smallest absolute Gasteiger partial charge is 0.324 e. The maximum Gasteiger partial charge on any atom is 0.324 e. The summed E-state index contributed by atoms with van der Waals surface area (Å²) >= 11 is 0. The van der Waals surface area contributed by atoms with Crippen molar-refractivity contribution in [2.75, 3.05) is 13.1 Å². The Bertz CT molecular complexity index is 501. The first-order chi connectivity index (χ1) is 9.90. The molecule has 1 heterocycles. The highest BCUT2D eigenvalue weighted by molar-refractivity contribution is 5.78. The molecule has 0 fully saturated rings. The van der Waals surface area contributed by atoms with Gasteiger partial charge in [0.15, 0.2) is 0 Å². The van der Waals surface area contributed by atoms with E-state index in [2.05, 4.69) is 34.5 Å². The van der Waals surface area contributed by atoms with Crippen LogP contribution in [0.2, 0.25) is 0 Å². The lowest BCUT2D eigenvalue weighted by Gasteiger charge is -2.34. The first-order valence-electron chi connectivity index (χ1n) is 7.71. The second-order valence-corrected chi connectivity index (χ2v) is 6.52. The van der Waals surface area contributed by atoms with Crippen LogP contribution in [-0.4, -0.2) is 40.6 Å². The van der Waals surface area contributed by atoms with Crippen LogP contribution in [0.15, 0.2) is 24.3 Å². The first kappa shape index (κ1) is 16.0.